The predicted molar refractivity (Wildman–Crippen MR) is 208 cm³/mol. The van der Waals surface area contributed by atoms with Crippen LogP contribution in [0.25, 0.3) is 0 Å². The van der Waals surface area contributed by atoms with Crippen LogP contribution in [0.4, 0.5) is 0 Å². The normalized spacial score (nSPS) is 35.7. The van der Waals surface area contributed by atoms with E-state index in [1.807, 2.05) is 13.8 Å². The van der Waals surface area contributed by atoms with Crippen LogP contribution in [-0.4, -0.2) is 113 Å². The standard InChI is InChI=1S/C42H80O11/c1-4-5-13-31(3)41-29-39(50)24-11-23-38(49)28-40(51)27-37(48)22-10-19-34(45)17-8-15-32(43)14-7-16-33(44)18-9-21-36(47)26-35(46)20-6-12-30(2)25-42(52)53-41/h25,31-41,43-51H,4-24,26-29H2,1-3H3/b30-25+/t31?,32?,33?,34?,35-,36+,37-,38-,39?,40?,41?/m0/s1. The molecule has 0 bridgehead atoms. The van der Waals surface area contributed by atoms with Crippen LogP contribution in [-0.2, 0) is 9.53 Å². The number of hydrogen-bond acceptors (Lipinski definition) is 11. The van der Waals surface area contributed by atoms with E-state index in [-0.39, 0.29) is 25.2 Å². The van der Waals surface area contributed by atoms with Gasteiger partial charge in [0.2, 0.25) is 0 Å². The van der Waals surface area contributed by atoms with Gasteiger partial charge in [-0.2, -0.15) is 0 Å². The Morgan fingerprint density at radius 3 is 1.28 bits per heavy atom. The van der Waals surface area contributed by atoms with Gasteiger partial charge in [-0.25, -0.2) is 4.79 Å². The Hall–Kier alpha value is -1.15. The highest BCUT2D eigenvalue weighted by Gasteiger charge is 2.25. The Kier molecular flexibility index (Phi) is 28.3. The summed E-state index contributed by atoms with van der Waals surface area (Å²) in [4.78, 5) is 12.9. The molecule has 0 fully saturated rings. The molecule has 0 radical (unpaired) electrons. The molecule has 0 aromatic rings. The van der Waals surface area contributed by atoms with Crippen LogP contribution in [0.1, 0.15) is 181 Å². The van der Waals surface area contributed by atoms with Crippen molar-refractivity contribution in [2.75, 3.05) is 0 Å². The average Bonchev–Trinajstić information content (AvgIpc) is 3.06. The van der Waals surface area contributed by atoms with Gasteiger partial charge in [0.15, 0.2) is 0 Å². The van der Waals surface area contributed by atoms with E-state index in [9.17, 15) is 50.8 Å². The molecule has 0 spiro atoms. The monoisotopic (exact) mass is 761 g/mol. The zero-order valence-corrected chi connectivity index (χ0v) is 33.4. The van der Waals surface area contributed by atoms with Crippen LogP contribution in [0.3, 0.4) is 0 Å². The number of ether oxygens (including phenoxy) is 1. The van der Waals surface area contributed by atoms with Gasteiger partial charge in [0, 0.05) is 12.5 Å². The molecule has 0 aromatic carbocycles. The van der Waals surface area contributed by atoms with Gasteiger partial charge in [0.25, 0.3) is 0 Å². The molecule has 11 heteroatoms. The highest BCUT2D eigenvalue weighted by Crippen LogP contribution is 2.24. The lowest BCUT2D eigenvalue weighted by molar-refractivity contribution is -0.147. The topological polar surface area (TPSA) is 208 Å². The van der Waals surface area contributed by atoms with Crippen LogP contribution in [0.15, 0.2) is 11.6 Å². The molecule has 1 aliphatic rings. The Bertz CT molecular complexity index is 933. The van der Waals surface area contributed by atoms with E-state index >= 15 is 0 Å². The molecule has 0 saturated heterocycles. The lowest BCUT2D eigenvalue weighted by Crippen LogP contribution is -2.29. The Morgan fingerprint density at radius 1 is 0.547 bits per heavy atom. The van der Waals surface area contributed by atoms with Crippen LogP contribution >= 0.6 is 0 Å². The van der Waals surface area contributed by atoms with Crippen molar-refractivity contribution in [3.05, 3.63) is 11.6 Å². The molecule has 0 aromatic heterocycles. The number of unbranched alkanes of at least 4 members (excludes halogenated alkanes) is 1. The van der Waals surface area contributed by atoms with Gasteiger partial charge < -0.3 is 50.7 Å². The predicted octanol–water partition coefficient (Wildman–Crippen LogP) is 5.51. The van der Waals surface area contributed by atoms with Crippen molar-refractivity contribution in [3.8, 4) is 0 Å². The molecule has 0 aliphatic carbocycles. The minimum atomic E-state index is -0.869. The SMILES string of the molecule is CCCCC(C)C1CC(O)CCC[C@H](O)CC(O)C[C@@H](O)CCCC(O)CCCC(O)CCCC(O)CCC[C@@H](O)C[C@@H](O)CCC/C(C)=C/C(=O)O1. The number of allylic oxidation sites excluding steroid dienone is 1. The molecular formula is C42H80O11. The lowest BCUT2D eigenvalue weighted by atomic mass is 9.92. The number of hydrogen-bond donors (Lipinski definition) is 9. The zero-order chi connectivity index (χ0) is 39.6. The van der Waals surface area contributed by atoms with Gasteiger partial charge in [-0.05, 0) is 154 Å². The molecule has 1 rings (SSSR count). The van der Waals surface area contributed by atoms with Crippen molar-refractivity contribution < 1.29 is 55.5 Å². The number of aliphatic hydroxyl groups excluding tert-OH is 9. The molecule has 314 valence electrons. The Labute approximate surface area is 320 Å². The van der Waals surface area contributed by atoms with Crippen LogP contribution in [0.5, 0.6) is 0 Å². The Balaban J connectivity index is 2.79. The van der Waals surface area contributed by atoms with E-state index in [0.29, 0.717) is 122 Å². The Morgan fingerprint density at radius 2 is 0.887 bits per heavy atom. The number of aliphatic hydroxyl groups is 9. The third-order valence-electron chi connectivity index (χ3n) is 10.9. The summed E-state index contributed by atoms with van der Waals surface area (Å²) in [6, 6.07) is 0. The summed E-state index contributed by atoms with van der Waals surface area (Å²) in [5.41, 5.74) is 0.829. The fourth-order valence-corrected chi connectivity index (χ4v) is 7.46. The van der Waals surface area contributed by atoms with Gasteiger partial charge in [-0.1, -0.05) is 32.3 Å². The van der Waals surface area contributed by atoms with Gasteiger partial charge in [-0.15, -0.1) is 0 Å². The third kappa shape index (κ3) is 27.2. The van der Waals surface area contributed by atoms with E-state index in [0.717, 1.165) is 24.8 Å². The van der Waals surface area contributed by atoms with E-state index in [4.69, 9.17) is 4.74 Å². The zero-order valence-electron chi connectivity index (χ0n) is 33.4. The van der Waals surface area contributed by atoms with Crippen LogP contribution in [0, 0.1) is 5.92 Å². The summed E-state index contributed by atoms with van der Waals surface area (Å²) >= 11 is 0. The maximum atomic E-state index is 12.9. The van der Waals surface area contributed by atoms with E-state index in [1.165, 1.54) is 6.08 Å². The first-order valence-electron chi connectivity index (χ1n) is 21.2. The molecule has 0 amide bonds. The molecule has 1 heterocycles. The van der Waals surface area contributed by atoms with E-state index in [2.05, 4.69) is 6.92 Å². The first-order chi connectivity index (χ1) is 25.2. The van der Waals surface area contributed by atoms with Crippen molar-refractivity contribution in [1.29, 1.82) is 0 Å². The maximum Gasteiger partial charge on any atom is 0.330 e. The number of rotatable bonds is 4. The molecular weight excluding hydrogens is 680 g/mol. The van der Waals surface area contributed by atoms with Crippen molar-refractivity contribution in [1.82, 2.24) is 0 Å². The van der Waals surface area contributed by atoms with Crippen molar-refractivity contribution in [2.45, 2.75) is 242 Å². The van der Waals surface area contributed by atoms with E-state index < -0.39 is 67.0 Å². The van der Waals surface area contributed by atoms with Crippen molar-refractivity contribution >= 4 is 5.97 Å². The van der Waals surface area contributed by atoms with Crippen molar-refractivity contribution in [3.63, 3.8) is 0 Å². The number of esters is 1. The van der Waals surface area contributed by atoms with Gasteiger partial charge in [-0.3, -0.25) is 0 Å². The number of cyclic esters (lactones) is 1. The molecule has 0 saturated carbocycles. The smallest absolute Gasteiger partial charge is 0.330 e. The van der Waals surface area contributed by atoms with Gasteiger partial charge in [0.05, 0.1) is 54.9 Å². The molecule has 11 nitrogen and oxygen atoms in total. The van der Waals surface area contributed by atoms with Crippen LogP contribution < -0.4 is 0 Å². The summed E-state index contributed by atoms with van der Waals surface area (Å²) in [5, 5.41) is 94.2. The minimum absolute atomic E-state index is 0.0578. The molecule has 9 N–H and O–H groups in total. The van der Waals surface area contributed by atoms with Crippen molar-refractivity contribution in [2.24, 2.45) is 5.92 Å². The minimum Gasteiger partial charge on any atom is -0.459 e. The average molecular weight is 761 g/mol. The largest absolute Gasteiger partial charge is 0.459 e. The number of carbonyl (C=O) groups excluding carboxylic acids is 1. The summed E-state index contributed by atoms with van der Waals surface area (Å²) in [6.07, 6.45) is 8.57. The van der Waals surface area contributed by atoms with Crippen LogP contribution in [0.2, 0.25) is 0 Å². The first-order valence-corrected chi connectivity index (χ1v) is 21.2. The third-order valence-corrected chi connectivity index (χ3v) is 10.9. The second kappa shape index (κ2) is 30.0. The molecule has 1 aliphatic heterocycles. The molecule has 11 atom stereocenters. The van der Waals surface area contributed by atoms with E-state index in [1.54, 1.807) is 0 Å². The molecule has 7 unspecified atom stereocenters. The summed E-state index contributed by atoms with van der Waals surface area (Å²) in [7, 11) is 0. The molecule has 53 heavy (non-hydrogen) atoms. The fraction of sp³-hybridized carbons (Fsp3) is 0.929. The summed E-state index contributed by atoms with van der Waals surface area (Å²) in [6.45, 7) is 5.99. The second-order valence-corrected chi connectivity index (χ2v) is 16.5. The van der Waals surface area contributed by atoms with Gasteiger partial charge >= 0.3 is 5.97 Å². The first kappa shape index (κ1) is 49.9. The highest BCUT2D eigenvalue weighted by atomic mass is 16.5. The summed E-state index contributed by atoms with van der Waals surface area (Å²) < 4.78 is 5.88. The lowest BCUT2D eigenvalue weighted by Gasteiger charge is -2.26. The highest BCUT2D eigenvalue weighted by molar-refractivity contribution is 5.82. The number of carbonyl (C=O) groups is 1. The quantitative estimate of drug-likeness (QED) is 0.163. The second-order valence-electron chi connectivity index (χ2n) is 16.5. The maximum absolute atomic E-state index is 12.9. The fourth-order valence-electron chi connectivity index (χ4n) is 7.46. The summed E-state index contributed by atoms with van der Waals surface area (Å²) in [5.74, 6) is -0.397. The van der Waals surface area contributed by atoms with Gasteiger partial charge in [0.1, 0.15) is 6.10 Å².